The van der Waals surface area contributed by atoms with E-state index < -0.39 is 18.2 Å². The Balaban J connectivity index is 1.93. The third-order valence-electron chi connectivity index (χ3n) is 3.86. The maximum Gasteiger partial charge on any atom is 0.573 e. The Hall–Kier alpha value is -3.95. The maximum absolute atomic E-state index is 12.7. The van der Waals surface area contributed by atoms with E-state index in [9.17, 15) is 22.8 Å². The van der Waals surface area contributed by atoms with Crippen LogP contribution in [0.2, 0.25) is 0 Å². The molecule has 0 radical (unpaired) electrons. The highest BCUT2D eigenvalue weighted by Gasteiger charge is 2.32. The number of carbonyl (C=O) groups is 2. The monoisotopic (exact) mass is 416 g/mol. The van der Waals surface area contributed by atoms with Gasteiger partial charge in [0.05, 0.1) is 12.2 Å². The van der Waals surface area contributed by atoms with Gasteiger partial charge >= 0.3 is 6.36 Å². The number of para-hydroxylation sites is 1. The zero-order valence-corrected chi connectivity index (χ0v) is 15.3. The second-order valence-electron chi connectivity index (χ2n) is 6.04. The van der Waals surface area contributed by atoms with Crippen LogP contribution in [0.4, 0.5) is 13.2 Å². The lowest BCUT2D eigenvalue weighted by atomic mass is 10.0. The van der Waals surface area contributed by atoms with Gasteiger partial charge in [-0.3, -0.25) is 9.59 Å². The molecule has 0 aliphatic carbocycles. The number of alkyl halides is 3. The smallest absolute Gasteiger partial charge is 0.405 e. The molecule has 2 amide bonds. The van der Waals surface area contributed by atoms with Gasteiger partial charge in [-0.05, 0) is 23.8 Å². The lowest BCUT2D eigenvalue weighted by Crippen LogP contribution is -2.34. The van der Waals surface area contributed by atoms with Crippen LogP contribution in [0, 0.1) is 0 Å². The van der Waals surface area contributed by atoms with Gasteiger partial charge in [-0.25, -0.2) is 9.97 Å². The first-order valence-corrected chi connectivity index (χ1v) is 8.58. The second kappa shape index (κ2) is 8.60. The van der Waals surface area contributed by atoms with Crippen LogP contribution < -0.4 is 15.8 Å². The lowest BCUT2D eigenvalue weighted by molar-refractivity contribution is -0.274. The van der Waals surface area contributed by atoms with Crippen molar-refractivity contribution in [2.24, 2.45) is 5.73 Å². The molecule has 0 aliphatic heterocycles. The van der Waals surface area contributed by atoms with Crippen LogP contribution in [0.3, 0.4) is 0 Å². The van der Waals surface area contributed by atoms with Crippen LogP contribution in [0.15, 0.2) is 60.8 Å². The van der Waals surface area contributed by atoms with E-state index in [2.05, 4.69) is 20.0 Å². The summed E-state index contributed by atoms with van der Waals surface area (Å²) in [5.41, 5.74) is 6.60. The van der Waals surface area contributed by atoms with Gasteiger partial charge in [0, 0.05) is 17.3 Å². The molecule has 0 spiro atoms. The van der Waals surface area contributed by atoms with Crippen LogP contribution in [0.1, 0.15) is 10.6 Å². The van der Waals surface area contributed by atoms with Gasteiger partial charge in [0.15, 0.2) is 0 Å². The van der Waals surface area contributed by atoms with E-state index >= 15 is 0 Å². The SMILES string of the molecule is NC(=O)CNC(=O)c1nccc(-c2cccc(-c3ccccc3OC(F)(F)F)c2)n1. The van der Waals surface area contributed by atoms with Crippen LogP contribution >= 0.6 is 0 Å². The summed E-state index contributed by atoms with van der Waals surface area (Å²) in [5, 5.41) is 2.28. The molecule has 30 heavy (non-hydrogen) atoms. The molecule has 1 heterocycles. The fourth-order valence-corrected chi connectivity index (χ4v) is 2.64. The first-order chi connectivity index (χ1) is 14.2. The molecule has 0 bridgehead atoms. The molecule has 0 fully saturated rings. The minimum Gasteiger partial charge on any atom is -0.405 e. The number of rotatable bonds is 6. The largest absolute Gasteiger partial charge is 0.573 e. The van der Waals surface area contributed by atoms with Crippen molar-refractivity contribution in [2.45, 2.75) is 6.36 Å². The van der Waals surface area contributed by atoms with Gasteiger partial charge < -0.3 is 15.8 Å². The maximum atomic E-state index is 12.7. The van der Waals surface area contributed by atoms with E-state index in [1.807, 2.05) is 0 Å². The molecule has 3 aromatic rings. The Morgan fingerprint density at radius 2 is 1.77 bits per heavy atom. The Labute approximate surface area is 168 Å². The van der Waals surface area contributed by atoms with Gasteiger partial charge in [0.1, 0.15) is 5.75 Å². The zero-order valence-electron chi connectivity index (χ0n) is 15.3. The molecule has 7 nitrogen and oxygen atoms in total. The van der Waals surface area contributed by atoms with Crippen molar-refractivity contribution in [1.29, 1.82) is 0 Å². The summed E-state index contributed by atoms with van der Waals surface area (Å²) in [6.45, 7) is -0.363. The second-order valence-corrected chi connectivity index (χ2v) is 6.04. The minimum atomic E-state index is -4.83. The van der Waals surface area contributed by atoms with Crippen molar-refractivity contribution in [2.75, 3.05) is 6.54 Å². The summed E-state index contributed by atoms with van der Waals surface area (Å²) in [4.78, 5) is 30.8. The minimum absolute atomic E-state index is 0.181. The molecule has 2 aromatic carbocycles. The molecule has 0 saturated heterocycles. The summed E-state index contributed by atoms with van der Waals surface area (Å²) in [7, 11) is 0. The lowest BCUT2D eigenvalue weighted by Gasteiger charge is -2.14. The van der Waals surface area contributed by atoms with Crippen LogP contribution in [0.25, 0.3) is 22.4 Å². The number of nitrogens with zero attached hydrogens (tertiary/aromatic N) is 2. The van der Waals surface area contributed by atoms with E-state index in [-0.39, 0.29) is 23.7 Å². The number of aromatic nitrogens is 2. The van der Waals surface area contributed by atoms with Crippen LogP contribution in [0.5, 0.6) is 5.75 Å². The number of halogens is 3. The van der Waals surface area contributed by atoms with Gasteiger partial charge in [0.2, 0.25) is 11.7 Å². The normalized spacial score (nSPS) is 11.0. The average molecular weight is 416 g/mol. The number of nitrogens with one attached hydrogen (secondary N) is 1. The molecule has 1 aromatic heterocycles. The summed E-state index contributed by atoms with van der Waals surface area (Å²) >= 11 is 0. The fourth-order valence-electron chi connectivity index (χ4n) is 2.64. The summed E-state index contributed by atoms with van der Waals surface area (Å²) < 4.78 is 42.2. The number of hydrogen-bond donors (Lipinski definition) is 2. The highest BCUT2D eigenvalue weighted by atomic mass is 19.4. The van der Waals surface area contributed by atoms with E-state index in [1.54, 1.807) is 36.4 Å². The first kappa shape index (κ1) is 20.8. The molecule has 0 aliphatic rings. The predicted octanol–water partition coefficient (Wildman–Crippen LogP) is 2.92. The predicted molar refractivity (Wildman–Crippen MR) is 101 cm³/mol. The number of primary amides is 1. The summed E-state index contributed by atoms with van der Waals surface area (Å²) in [6.07, 6.45) is -3.47. The number of ether oxygens (including phenoxy) is 1. The van der Waals surface area contributed by atoms with E-state index in [1.165, 1.54) is 24.4 Å². The molecular formula is C20H15F3N4O3. The average Bonchev–Trinajstić information content (AvgIpc) is 2.71. The summed E-state index contributed by atoms with van der Waals surface area (Å²) in [6, 6.07) is 13.9. The van der Waals surface area contributed by atoms with Crippen molar-refractivity contribution in [3.05, 3.63) is 66.6 Å². The van der Waals surface area contributed by atoms with Crippen LogP contribution in [-0.2, 0) is 4.79 Å². The molecule has 0 saturated carbocycles. The Bertz CT molecular complexity index is 1090. The van der Waals surface area contributed by atoms with Crippen molar-refractivity contribution in [3.63, 3.8) is 0 Å². The third kappa shape index (κ3) is 5.31. The molecule has 3 N–H and O–H groups in total. The van der Waals surface area contributed by atoms with Gasteiger partial charge in [0.25, 0.3) is 5.91 Å². The van der Waals surface area contributed by atoms with Crippen LogP contribution in [-0.4, -0.2) is 34.7 Å². The number of hydrogen-bond acceptors (Lipinski definition) is 5. The number of amides is 2. The zero-order chi connectivity index (χ0) is 21.7. The first-order valence-electron chi connectivity index (χ1n) is 8.58. The highest BCUT2D eigenvalue weighted by Crippen LogP contribution is 2.35. The standard InChI is InChI=1S/C20H15F3N4O3/c21-20(22,23)30-16-7-2-1-6-14(16)12-4-3-5-13(10-12)15-8-9-25-18(27-15)19(29)26-11-17(24)28/h1-10H,11H2,(H2,24,28)(H,26,29). The summed E-state index contributed by atoms with van der Waals surface area (Å²) in [5.74, 6) is -1.92. The Morgan fingerprint density at radius 1 is 1.03 bits per heavy atom. The van der Waals surface area contributed by atoms with Gasteiger partial charge in [-0.15, -0.1) is 13.2 Å². The molecule has 3 rings (SSSR count). The van der Waals surface area contributed by atoms with E-state index in [0.29, 0.717) is 16.8 Å². The molecule has 10 heteroatoms. The van der Waals surface area contributed by atoms with Crippen molar-refractivity contribution < 1.29 is 27.5 Å². The van der Waals surface area contributed by atoms with Crippen molar-refractivity contribution in [1.82, 2.24) is 15.3 Å². The topological polar surface area (TPSA) is 107 Å². The van der Waals surface area contributed by atoms with Crippen molar-refractivity contribution >= 4 is 11.8 Å². The van der Waals surface area contributed by atoms with Crippen molar-refractivity contribution in [3.8, 4) is 28.1 Å². The quantitative estimate of drug-likeness (QED) is 0.643. The molecule has 154 valence electrons. The number of carbonyl (C=O) groups excluding carboxylic acids is 2. The van der Waals surface area contributed by atoms with E-state index in [0.717, 1.165) is 0 Å². The van der Waals surface area contributed by atoms with Gasteiger partial charge in [-0.2, -0.15) is 0 Å². The number of nitrogens with two attached hydrogens (primary N) is 1. The third-order valence-corrected chi connectivity index (χ3v) is 3.86. The highest BCUT2D eigenvalue weighted by molar-refractivity contribution is 5.93. The number of benzene rings is 2. The van der Waals surface area contributed by atoms with Gasteiger partial charge in [-0.1, -0.05) is 36.4 Å². The van der Waals surface area contributed by atoms with E-state index in [4.69, 9.17) is 5.73 Å². The fraction of sp³-hybridized carbons (Fsp3) is 0.100. The Kier molecular flexibility index (Phi) is 5.95. The molecule has 0 unspecified atom stereocenters. The molecular weight excluding hydrogens is 401 g/mol. The Morgan fingerprint density at radius 3 is 2.50 bits per heavy atom. The molecule has 0 atom stereocenters.